The predicted molar refractivity (Wildman–Crippen MR) is 64.9 cm³/mol. The summed E-state index contributed by atoms with van der Waals surface area (Å²) >= 11 is 0. The van der Waals surface area contributed by atoms with Crippen LogP contribution in [0, 0.1) is 0 Å². The summed E-state index contributed by atoms with van der Waals surface area (Å²) in [6, 6.07) is 12.2. The van der Waals surface area contributed by atoms with E-state index in [9.17, 15) is 14.7 Å². The van der Waals surface area contributed by atoms with E-state index in [1.165, 1.54) is 18.2 Å². The van der Waals surface area contributed by atoms with Gasteiger partial charge >= 0.3 is 5.97 Å². The topological polar surface area (TPSA) is 74.6 Å². The molecule has 0 saturated heterocycles. The Kier molecular flexibility index (Phi) is 4.87. The maximum atomic E-state index is 12.2. The second-order valence-electron chi connectivity index (χ2n) is 3.70. The zero-order valence-electron chi connectivity index (χ0n) is 9.63. The Hall–Kier alpha value is -2.10. The number of aromatic hydroxyl groups is 1. The summed E-state index contributed by atoms with van der Waals surface area (Å²) < 4.78 is 0. The van der Waals surface area contributed by atoms with Crippen LogP contribution in [-0.4, -0.2) is 22.0 Å². The first kappa shape index (κ1) is 15.0. The molecule has 0 amide bonds. The molecule has 5 heteroatoms. The van der Waals surface area contributed by atoms with Gasteiger partial charge in [-0.3, -0.25) is 4.79 Å². The summed E-state index contributed by atoms with van der Waals surface area (Å²) in [6.45, 7) is 0. The van der Waals surface area contributed by atoms with E-state index in [4.69, 9.17) is 5.11 Å². The third kappa shape index (κ3) is 3.02. The number of carbonyl (C=O) groups is 2. The van der Waals surface area contributed by atoms with E-state index in [1.54, 1.807) is 30.3 Å². The van der Waals surface area contributed by atoms with Crippen LogP contribution in [-0.2, 0) is 17.1 Å². The van der Waals surface area contributed by atoms with Crippen molar-refractivity contribution in [2.24, 2.45) is 0 Å². The van der Waals surface area contributed by atoms with Gasteiger partial charge in [-0.2, -0.15) is 0 Å². The van der Waals surface area contributed by atoms with Crippen LogP contribution in [0.2, 0.25) is 0 Å². The van der Waals surface area contributed by atoms with E-state index in [-0.39, 0.29) is 33.9 Å². The molecule has 0 atom stereocenters. The fourth-order valence-electron chi connectivity index (χ4n) is 1.69. The molecule has 101 valence electrons. The van der Waals surface area contributed by atoms with Crippen molar-refractivity contribution in [3.63, 3.8) is 0 Å². The molecular weight excluding hydrogens is 296 g/mol. The summed E-state index contributed by atoms with van der Waals surface area (Å²) in [7, 11) is 0. The minimum Gasteiger partial charge on any atom is -0.507 e. The number of aromatic carboxylic acids is 1. The molecule has 0 unspecified atom stereocenters. The Morgan fingerprint density at radius 1 is 0.895 bits per heavy atom. The van der Waals surface area contributed by atoms with Crippen LogP contribution >= 0.6 is 0 Å². The average Bonchev–Trinajstić information content (AvgIpc) is 2.38. The fourth-order valence-corrected chi connectivity index (χ4v) is 1.69. The summed E-state index contributed by atoms with van der Waals surface area (Å²) in [4.78, 5) is 23.2. The smallest absolute Gasteiger partial charge is 0.336 e. The summed E-state index contributed by atoms with van der Waals surface area (Å²) in [6.07, 6.45) is 0. The fraction of sp³-hybridized carbons (Fsp3) is 0. The zero-order chi connectivity index (χ0) is 13.1. The molecule has 0 heterocycles. The predicted octanol–water partition coefficient (Wildman–Crippen LogP) is 2.32. The standard InChI is InChI=1S/C14H10O4.Cu/c15-11-8-4-7-10(14(17)18)12(11)13(16)9-5-2-1-3-6-9;/h1-8,15H,(H,17,18);. The van der Waals surface area contributed by atoms with E-state index >= 15 is 0 Å². The normalized spacial score (nSPS) is 9.47. The Morgan fingerprint density at radius 3 is 2.11 bits per heavy atom. The summed E-state index contributed by atoms with van der Waals surface area (Å²) in [5, 5.41) is 18.7. The molecule has 0 fully saturated rings. The molecule has 19 heavy (non-hydrogen) atoms. The van der Waals surface area contributed by atoms with E-state index in [2.05, 4.69) is 0 Å². The molecule has 4 nitrogen and oxygen atoms in total. The monoisotopic (exact) mass is 305 g/mol. The minimum atomic E-state index is -1.25. The molecule has 2 aromatic carbocycles. The summed E-state index contributed by atoms with van der Waals surface area (Å²) in [5.41, 5.74) is -0.0541. The van der Waals surface area contributed by atoms with Crippen molar-refractivity contribution in [2.45, 2.75) is 0 Å². The second kappa shape index (κ2) is 6.18. The van der Waals surface area contributed by atoms with Crippen LogP contribution in [0.25, 0.3) is 0 Å². The van der Waals surface area contributed by atoms with Crippen molar-refractivity contribution in [1.29, 1.82) is 0 Å². The van der Waals surface area contributed by atoms with Gasteiger partial charge in [-0.1, -0.05) is 36.4 Å². The van der Waals surface area contributed by atoms with Crippen LogP contribution in [0.3, 0.4) is 0 Å². The van der Waals surface area contributed by atoms with Crippen molar-refractivity contribution in [1.82, 2.24) is 0 Å². The van der Waals surface area contributed by atoms with Crippen molar-refractivity contribution < 1.29 is 36.9 Å². The van der Waals surface area contributed by atoms with Crippen LogP contribution in [0.1, 0.15) is 26.3 Å². The number of hydrogen-bond acceptors (Lipinski definition) is 3. The van der Waals surface area contributed by atoms with Gasteiger partial charge in [-0.25, -0.2) is 4.79 Å². The van der Waals surface area contributed by atoms with E-state index in [1.807, 2.05) is 0 Å². The van der Waals surface area contributed by atoms with Gasteiger partial charge in [0.2, 0.25) is 0 Å². The van der Waals surface area contributed by atoms with E-state index in [0.29, 0.717) is 5.56 Å². The van der Waals surface area contributed by atoms with Gasteiger partial charge in [0.05, 0.1) is 11.1 Å². The molecule has 0 aliphatic carbocycles. The van der Waals surface area contributed by atoms with Crippen molar-refractivity contribution in [3.05, 3.63) is 65.2 Å². The second-order valence-corrected chi connectivity index (χ2v) is 3.70. The van der Waals surface area contributed by atoms with Gasteiger partial charge in [0.1, 0.15) is 5.75 Å². The maximum absolute atomic E-state index is 12.2. The van der Waals surface area contributed by atoms with Crippen molar-refractivity contribution >= 4 is 11.8 Å². The SMILES string of the molecule is O=C(O)c1cccc(O)c1C(=O)c1ccccc1.[Cu]. The number of carboxylic acids is 1. The number of rotatable bonds is 3. The third-order valence-corrected chi connectivity index (χ3v) is 2.54. The van der Waals surface area contributed by atoms with Gasteiger partial charge in [-0.15, -0.1) is 0 Å². The molecule has 0 aromatic heterocycles. The van der Waals surface area contributed by atoms with Gasteiger partial charge in [0.15, 0.2) is 5.78 Å². The molecule has 0 bridgehead atoms. The van der Waals surface area contributed by atoms with Crippen molar-refractivity contribution in [3.8, 4) is 5.75 Å². The number of phenolic OH excluding ortho intramolecular Hbond substituents is 1. The molecule has 2 N–H and O–H groups in total. The number of benzene rings is 2. The number of ketones is 1. The van der Waals surface area contributed by atoms with Crippen LogP contribution < -0.4 is 0 Å². The van der Waals surface area contributed by atoms with E-state index < -0.39 is 11.8 Å². The summed E-state index contributed by atoms with van der Waals surface area (Å²) in [5.74, 6) is -2.08. The van der Waals surface area contributed by atoms with Gasteiger partial charge < -0.3 is 10.2 Å². The molecule has 2 aromatic rings. The first-order valence-corrected chi connectivity index (χ1v) is 5.26. The van der Waals surface area contributed by atoms with E-state index in [0.717, 1.165) is 0 Å². The minimum absolute atomic E-state index is 0. The Morgan fingerprint density at radius 2 is 1.53 bits per heavy atom. The molecular formula is C14H10CuO4. The number of carboxylic acid groups (broad SMARTS) is 1. The number of phenols is 1. The van der Waals surface area contributed by atoms with Gasteiger partial charge in [0, 0.05) is 22.6 Å². The van der Waals surface area contributed by atoms with Gasteiger partial charge in [0.25, 0.3) is 0 Å². The average molecular weight is 306 g/mol. The zero-order valence-corrected chi connectivity index (χ0v) is 10.6. The quantitative estimate of drug-likeness (QED) is 0.674. The molecule has 1 radical (unpaired) electrons. The molecule has 0 spiro atoms. The van der Waals surface area contributed by atoms with Gasteiger partial charge in [-0.05, 0) is 12.1 Å². The maximum Gasteiger partial charge on any atom is 0.336 e. The largest absolute Gasteiger partial charge is 0.507 e. The first-order chi connectivity index (χ1) is 8.61. The molecule has 0 saturated carbocycles. The Balaban J connectivity index is 0.00000180. The van der Waals surface area contributed by atoms with Crippen LogP contribution in [0.15, 0.2) is 48.5 Å². The van der Waals surface area contributed by atoms with Crippen LogP contribution in [0.5, 0.6) is 5.75 Å². The molecule has 0 aliphatic heterocycles. The Bertz CT molecular complexity index is 608. The first-order valence-electron chi connectivity index (χ1n) is 5.26. The number of carbonyl (C=O) groups excluding carboxylic acids is 1. The van der Waals surface area contributed by atoms with Crippen molar-refractivity contribution in [2.75, 3.05) is 0 Å². The third-order valence-electron chi connectivity index (χ3n) is 2.54. The molecule has 2 rings (SSSR count). The van der Waals surface area contributed by atoms with Crippen LogP contribution in [0.4, 0.5) is 0 Å². The number of hydrogen-bond donors (Lipinski definition) is 2. The Labute approximate surface area is 120 Å². The molecule has 0 aliphatic rings.